The standard InChI is InChI=1S/C27H35N3O4S/c1-20-10-11-21(2)25(18-20)35(33,34)30-16-14-29(15-17-30)27(32)13-12-26(31)28-19-23-8-5-7-22-6-3-4-9-24(22)23/h3-4,6,9-11,18,23H,5,7-8,12-17,19H2,1-2H3,(H,28,31). The molecule has 0 aromatic heterocycles. The number of amides is 2. The molecule has 0 radical (unpaired) electrons. The third-order valence-corrected chi connectivity index (χ3v) is 9.20. The predicted molar refractivity (Wildman–Crippen MR) is 136 cm³/mol. The van der Waals surface area contributed by atoms with E-state index in [1.54, 1.807) is 17.9 Å². The van der Waals surface area contributed by atoms with E-state index in [1.165, 1.54) is 15.4 Å². The zero-order valence-corrected chi connectivity index (χ0v) is 21.4. The van der Waals surface area contributed by atoms with Crippen molar-refractivity contribution in [3.8, 4) is 0 Å². The van der Waals surface area contributed by atoms with E-state index in [2.05, 4.69) is 23.5 Å². The number of piperazine rings is 1. The monoisotopic (exact) mass is 497 g/mol. The highest BCUT2D eigenvalue weighted by Crippen LogP contribution is 2.30. The number of carbonyl (C=O) groups is 2. The summed E-state index contributed by atoms with van der Waals surface area (Å²) in [5, 5.41) is 3.01. The summed E-state index contributed by atoms with van der Waals surface area (Å²) in [6.07, 6.45) is 3.56. The van der Waals surface area contributed by atoms with Crippen LogP contribution in [0.1, 0.15) is 53.9 Å². The van der Waals surface area contributed by atoms with Crippen molar-refractivity contribution >= 4 is 21.8 Å². The summed E-state index contributed by atoms with van der Waals surface area (Å²) >= 11 is 0. The maximum Gasteiger partial charge on any atom is 0.243 e. The van der Waals surface area contributed by atoms with E-state index in [0.717, 1.165) is 30.4 Å². The Hall–Kier alpha value is -2.71. The Morgan fingerprint density at radius 1 is 1.00 bits per heavy atom. The molecule has 4 rings (SSSR count). The van der Waals surface area contributed by atoms with Gasteiger partial charge in [0, 0.05) is 51.5 Å². The Kier molecular flexibility index (Phi) is 7.91. The van der Waals surface area contributed by atoms with Crippen molar-refractivity contribution in [2.45, 2.75) is 56.8 Å². The normalized spacial score (nSPS) is 18.7. The van der Waals surface area contributed by atoms with Crippen LogP contribution >= 0.6 is 0 Å². The fourth-order valence-corrected chi connectivity index (χ4v) is 6.80. The van der Waals surface area contributed by atoms with E-state index in [4.69, 9.17) is 0 Å². The second kappa shape index (κ2) is 10.9. The van der Waals surface area contributed by atoms with Gasteiger partial charge in [0.2, 0.25) is 21.8 Å². The van der Waals surface area contributed by atoms with Gasteiger partial charge in [-0.2, -0.15) is 4.31 Å². The Bertz CT molecular complexity index is 1190. The lowest BCUT2D eigenvalue weighted by atomic mass is 9.83. The molecular weight excluding hydrogens is 462 g/mol. The van der Waals surface area contributed by atoms with E-state index in [0.29, 0.717) is 30.4 Å². The summed E-state index contributed by atoms with van der Waals surface area (Å²) < 4.78 is 27.7. The van der Waals surface area contributed by atoms with E-state index >= 15 is 0 Å². The summed E-state index contributed by atoms with van der Waals surface area (Å²) in [4.78, 5) is 27.1. The Morgan fingerprint density at radius 3 is 2.51 bits per heavy atom. The molecule has 2 amide bonds. The highest BCUT2D eigenvalue weighted by molar-refractivity contribution is 7.89. The van der Waals surface area contributed by atoms with Crippen molar-refractivity contribution in [1.29, 1.82) is 0 Å². The van der Waals surface area contributed by atoms with Crippen LogP contribution in [0.25, 0.3) is 0 Å². The molecule has 0 saturated carbocycles. The van der Waals surface area contributed by atoms with E-state index < -0.39 is 10.0 Å². The minimum atomic E-state index is -3.60. The lowest BCUT2D eigenvalue weighted by molar-refractivity contribution is -0.134. The average Bonchev–Trinajstić information content (AvgIpc) is 2.87. The predicted octanol–water partition coefficient (Wildman–Crippen LogP) is 3.15. The molecule has 1 unspecified atom stereocenters. The first-order valence-corrected chi connectivity index (χ1v) is 13.9. The first-order valence-electron chi connectivity index (χ1n) is 12.5. The molecule has 8 heteroatoms. The maximum absolute atomic E-state index is 13.1. The van der Waals surface area contributed by atoms with Crippen molar-refractivity contribution in [2.24, 2.45) is 0 Å². The first-order chi connectivity index (χ1) is 16.8. The summed E-state index contributed by atoms with van der Waals surface area (Å²) in [6, 6.07) is 13.8. The molecule has 1 fully saturated rings. The first kappa shape index (κ1) is 25.4. The molecule has 188 valence electrons. The molecule has 0 bridgehead atoms. The molecule has 0 spiro atoms. The van der Waals surface area contributed by atoms with Gasteiger partial charge in [-0.3, -0.25) is 9.59 Å². The number of aryl methyl sites for hydroxylation is 3. The second-order valence-electron chi connectivity index (χ2n) is 9.65. The van der Waals surface area contributed by atoms with Gasteiger partial charge in [0.25, 0.3) is 0 Å². The number of nitrogens with zero attached hydrogens (tertiary/aromatic N) is 2. The van der Waals surface area contributed by atoms with Crippen LogP contribution in [0, 0.1) is 13.8 Å². The molecule has 1 heterocycles. The number of rotatable bonds is 7. The number of hydrogen-bond donors (Lipinski definition) is 1. The van der Waals surface area contributed by atoms with Crippen LogP contribution in [0.3, 0.4) is 0 Å². The average molecular weight is 498 g/mol. The van der Waals surface area contributed by atoms with Crippen LogP contribution < -0.4 is 5.32 Å². The molecule has 2 aromatic rings. The third-order valence-electron chi connectivity index (χ3n) is 7.16. The minimum absolute atomic E-state index is 0.105. The lowest BCUT2D eigenvalue weighted by Gasteiger charge is -2.34. The van der Waals surface area contributed by atoms with Gasteiger partial charge < -0.3 is 10.2 Å². The molecular formula is C27H35N3O4S. The Labute approximate surface area is 208 Å². The number of carbonyl (C=O) groups excluding carboxylic acids is 2. The van der Waals surface area contributed by atoms with E-state index in [1.807, 2.05) is 25.1 Å². The quantitative estimate of drug-likeness (QED) is 0.637. The van der Waals surface area contributed by atoms with Crippen molar-refractivity contribution in [3.63, 3.8) is 0 Å². The summed E-state index contributed by atoms with van der Waals surface area (Å²) in [7, 11) is -3.60. The lowest BCUT2D eigenvalue weighted by Crippen LogP contribution is -2.50. The van der Waals surface area contributed by atoms with Crippen LogP contribution in [0.15, 0.2) is 47.4 Å². The molecule has 1 atom stereocenters. The van der Waals surface area contributed by atoms with Gasteiger partial charge in [-0.15, -0.1) is 0 Å². The van der Waals surface area contributed by atoms with Crippen molar-refractivity contribution in [1.82, 2.24) is 14.5 Å². The van der Waals surface area contributed by atoms with E-state index in [-0.39, 0.29) is 37.7 Å². The van der Waals surface area contributed by atoms with E-state index in [9.17, 15) is 18.0 Å². The van der Waals surface area contributed by atoms with Gasteiger partial charge in [-0.25, -0.2) is 8.42 Å². The topological polar surface area (TPSA) is 86.8 Å². The van der Waals surface area contributed by atoms with Gasteiger partial charge in [0.05, 0.1) is 4.90 Å². The highest BCUT2D eigenvalue weighted by atomic mass is 32.2. The number of hydrogen-bond acceptors (Lipinski definition) is 4. The molecule has 35 heavy (non-hydrogen) atoms. The largest absolute Gasteiger partial charge is 0.355 e. The molecule has 2 aromatic carbocycles. The molecule has 1 N–H and O–H groups in total. The maximum atomic E-state index is 13.1. The van der Waals surface area contributed by atoms with Crippen molar-refractivity contribution in [2.75, 3.05) is 32.7 Å². The SMILES string of the molecule is Cc1ccc(C)c(S(=O)(=O)N2CCN(C(=O)CCC(=O)NCC3CCCc4ccccc43)CC2)c1. The highest BCUT2D eigenvalue weighted by Gasteiger charge is 2.31. The van der Waals surface area contributed by atoms with Crippen molar-refractivity contribution in [3.05, 3.63) is 64.7 Å². The zero-order valence-electron chi connectivity index (χ0n) is 20.6. The fourth-order valence-electron chi connectivity index (χ4n) is 5.07. The third kappa shape index (κ3) is 5.93. The van der Waals surface area contributed by atoms with Gasteiger partial charge >= 0.3 is 0 Å². The Balaban J connectivity index is 1.23. The second-order valence-corrected chi connectivity index (χ2v) is 11.6. The van der Waals surface area contributed by atoms with Crippen LogP contribution in [0.2, 0.25) is 0 Å². The van der Waals surface area contributed by atoms with Gasteiger partial charge in [0.1, 0.15) is 0 Å². The number of sulfonamides is 1. The number of nitrogens with one attached hydrogen (secondary N) is 1. The Morgan fingerprint density at radius 2 is 1.74 bits per heavy atom. The van der Waals surface area contributed by atoms with Gasteiger partial charge in [-0.05, 0) is 61.4 Å². The van der Waals surface area contributed by atoms with Crippen molar-refractivity contribution < 1.29 is 18.0 Å². The fraction of sp³-hybridized carbons (Fsp3) is 0.481. The minimum Gasteiger partial charge on any atom is -0.355 e. The zero-order chi connectivity index (χ0) is 25.0. The van der Waals surface area contributed by atoms with Crippen LogP contribution in [0.4, 0.5) is 0 Å². The van der Waals surface area contributed by atoms with Gasteiger partial charge in [-0.1, -0.05) is 36.4 Å². The summed E-state index contributed by atoms with van der Waals surface area (Å²) in [5.41, 5.74) is 4.31. The molecule has 2 aliphatic rings. The van der Waals surface area contributed by atoms with Crippen LogP contribution in [0.5, 0.6) is 0 Å². The van der Waals surface area contributed by atoms with Gasteiger partial charge in [0.15, 0.2) is 0 Å². The molecule has 1 saturated heterocycles. The van der Waals surface area contributed by atoms with Crippen LogP contribution in [-0.2, 0) is 26.0 Å². The molecule has 7 nitrogen and oxygen atoms in total. The number of fused-ring (bicyclic) bond motifs is 1. The summed E-state index contributed by atoms with van der Waals surface area (Å²) in [5.74, 6) is 0.108. The number of benzene rings is 2. The van der Waals surface area contributed by atoms with Crippen LogP contribution in [-0.4, -0.2) is 62.2 Å². The molecule has 1 aliphatic carbocycles. The summed E-state index contributed by atoms with van der Waals surface area (Å²) in [6.45, 7) is 5.46. The molecule has 1 aliphatic heterocycles. The smallest absolute Gasteiger partial charge is 0.243 e.